The van der Waals surface area contributed by atoms with E-state index < -0.39 is 0 Å². The summed E-state index contributed by atoms with van der Waals surface area (Å²) in [6.07, 6.45) is 10.4. The van der Waals surface area contributed by atoms with Crippen LogP contribution in [0.5, 0.6) is 0 Å². The normalized spacial score (nSPS) is 30.9. The fourth-order valence-electron chi connectivity index (χ4n) is 6.01. The Balaban J connectivity index is 1.29. The molecule has 26 heavy (non-hydrogen) atoms. The van der Waals surface area contributed by atoms with Gasteiger partial charge in [0.15, 0.2) is 0 Å². The van der Waals surface area contributed by atoms with Gasteiger partial charge in [-0.3, -0.25) is 4.79 Å². The van der Waals surface area contributed by atoms with Gasteiger partial charge in [0, 0.05) is 32.6 Å². The zero-order chi connectivity index (χ0) is 18.0. The smallest absolute Gasteiger partial charge is 0.223 e. The number of fused-ring (bicyclic) bond motifs is 2. The molecule has 142 valence electrons. The molecule has 1 spiro atoms. The van der Waals surface area contributed by atoms with E-state index in [1.54, 1.807) is 0 Å². The first-order chi connectivity index (χ1) is 12.6. The Bertz CT molecular complexity index is 608. The first-order valence-electron chi connectivity index (χ1n) is 10.6. The van der Waals surface area contributed by atoms with Crippen LogP contribution in [0, 0.1) is 17.3 Å². The molecule has 1 saturated heterocycles. The Kier molecular flexibility index (Phi) is 5.35. The zero-order valence-electron chi connectivity index (χ0n) is 16.3. The van der Waals surface area contributed by atoms with E-state index in [0.29, 0.717) is 17.7 Å². The summed E-state index contributed by atoms with van der Waals surface area (Å²) in [5.41, 5.74) is 1.79. The van der Waals surface area contributed by atoms with Crippen molar-refractivity contribution in [2.24, 2.45) is 17.3 Å². The Hall–Kier alpha value is -1.35. The highest BCUT2D eigenvalue weighted by molar-refractivity contribution is 5.76. The number of amides is 1. The van der Waals surface area contributed by atoms with Crippen LogP contribution in [0.3, 0.4) is 0 Å². The van der Waals surface area contributed by atoms with Crippen LogP contribution in [0.4, 0.5) is 0 Å². The van der Waals surface area contributed by atoms with Crippen molar-refractivity contribution in [3.63, 3.8) is 0 Å². The highest BCUT2D eigenvalue weighted by atomic mass is 16.2. The third kappa shape index (κ3) is 3.83. The number of carbonyl (C=O) groups excluding carboxylic acids is 1. The van der Waals surface area contributed by atoms with E-state index in [4.69, 9.17) is 0 Å². The predicted molar refractivity (Wildman–Crippen MR) is 106 cm³/mol. The second-order valence-corrected chi connectivity index (χ2v) is 9.18. The second kappa shape index (κ2) is 7.72. The maximum Gasteiger partial charge on any atom is 0.223 e. The molecular weight excluding hydrogens is 320 g/mol. The quantitative estimate of drug-likeness (QED) is 0.786. The molecule has 1 amide bonds. The number of nitrogens with zero attached hydrogens (tertiary/aromatic N) is 2. The van der Waals surface area contributed by atoms with Crippen molar-refractivity contribution in [2.75, 3.05) is 26.7 Å². The van der Waals surface area contributed by atoms with Crippen LogP contribution in [0.15, 0.2) is 30.3 Å². The van der Waals surface area contributed by atoms with Gasteiger partial charge in [-0.2, -0.15) is 0 Å². The van der Waals surface area contributed by atoms with Crippen LogP contribution in [0.2, 0.25) is 0 Å². The zero-order valence-corrected chi connectivity index (χ0v) is 16.3. The second-order valence-electron chi connectivity index (χ2n) is 9.18. The summed E-state index contributed by atoms with van der Waals surface area (Å²) >= 11 is 0. The van der Waals surface area contributed by atoms with Crippen LogP contribution in [-0.4, -0.2) is 42.4 Å². The van der Waals surface area contributed by atoms with Crippen molar-refractivity contribution < 1.29 is 4.79 Å². The molecule has 2 bridgehead atoms. The molecule has 3 nitrogen and oxygen atoms in total. The van der Waals surface area contributed by atoms with E-state index in [-0.39, 0.29) is 0 Å². The largest absolute Gasteiger partial charge is 0.342 e. The maximum atomic E-state index is 12.9. The van der Waals surface area contributed by atoms with Gasteiger partial charge < -0.3 is 9.80 Å². The first-order valence-corrected chi connectivity index (χ1v) is 10.6. The SMILES string of the molecule is CN(CCC(=O)N1CCCC2(CC3CCC2CC3)C1)Cc1ccccc1. The van der Waals surface area contributed by atoms with Crippen LogP contribution < -0.4 is 0 Å². The molecule has 4 aliphatic rings. The van der Waals surface area contributed by atoms with Gasteiger partial charge in [-0.05, 0) is 62.0 Å². The minimum Gasteiger partial charge on any atom is -0.342 e. The average molecular weight is 355 g/mol. The lowest BCUT2D eigenvalue weighted by Crippen LogP contribution is -2.53. The molecule has 3 saturated carbocycles. The van der Waals surface area contributed by atoms with E-state index in [2.05, 4.69) is 47.2 Å². The molecule has 5 rings (SSSR count). The minimum absolute atomic E-state index is 0.380. The number of likely N-dealkylation sites (tertiary alicyclic amines) is 1. The fourth-order valence-corrected chi connectivity index (χ4v) is 6.01. The summed E-state index contributed by atoms with van der Waals surface area (Å²) in [4.78, 5) is 17.4. The van der Waals surface area contributed by atoms with E-state index in [1.807, 2.05) is 0 Å². The third-order valence-electron chi connectivity index (χ3n) is 7.37. The van der Waals surface area contributed by atoms with Gasteiger partial charge in [0.1, 0.15) is 0 Å². The van der Waals surface area contributed by atoms with Crippen molar-refractivity contribution in [3.8, 4) is 0 Å². The molecule has 0 N–H and O–H groups in total. The van der Waals surface area contributed by atoms with Crippen LogP contribution in [0.25, 0.3) is 0 Å². The summed E-state index contributed by atoms with van der Waals surface area (Å²) in [6, 6.07) is 10.5. The number of piperidine rings is 1. The van der Waals surface area contributed by atoms with Gasteiger partial charge in [0.25, 0.3) is 0 Å². The van der Waals surface area contributed by atoms with Crippen molar-refractivity contribution in [1.29, 1.82) is 0 Å². The van der Waals surface area contributed by atoms with E-state index in [9.17, 15) is 4.79 Å². The number of carbonyl (C=O) groups is 1. The average Bonchev–Trinajstić information content (AvgIpc) is 2.68. The molecule has 1 aromatic rings. The van der Waals surface area contributed by atoms with Crippen molar-refractivity contribution in [3.05, 3.63) is 35.9 Å². The molecule has 1 aromatic carbocycles. The van der Waals surface area contributed by atoms with E-state index >= 15 is 0 Å². The Labute approximate surface area is 158 Å². The highest BCUT2D eigenvalue weighted by Gasteiger charge is 2.49. The summed E-state index contributed by atoms with van der Waals surface area (Å²) in [5, 5.41) is 0. The molecule has 1 unspecified atom stereocenters. The molecule has 3 heteroatoms. The van der Waals surface area contributed by atoms with Crippen LogP contribution in [0.1, 0.15) is 56.9 Å². The van der Waals surface area contributed by atoms with Gasteiger partial charge >= 0.3 is 0 Å². The topological polar surface area (TPSA) is 23.6 Å². The van der Waals surface area contributed by atoms with E-state index in [1.165, 1.54) is 50.5 Å². The monoisotopic (exact) mass is 354 g/mol. The maximum absolute atomic E-state index is 12.9. The van der Waals surface area contributed by atoms with Crippen molar-refractivity contribution in [1.82, 2.24) is 9.80 Å². The number of benzene rings is 1. The summed E-state index contributed by atoms with van der Waals surface area (Å²) < 4.78 is 0. The fraction of sp³-hybridized carbons (Fsp3) is 0.696. The predicted octanol–water partition coefficient (Wildman–Crippen LogP) is 4.33. The molecule has 1 aliphatic heterocycles. The molecule has 0 radical (unpaired) electrons. The van der Waals surface area contributed by atoms with Gasteiger partial charge in [-0.1, -0.05) is 43.2 Å². The van der Waals surface area contributed by atoms with Gasteiger partial charge in [0.2, 0.25) is 5.91 Å². The first kappa shape index (κ1) is 18.0. The molecule has 3 aliphatic carbocycles. The lowest BCUT2D eigenvalue weighted by Gasteiger charge is -2.56. The number of rotatable bonds is 5. The molecule has 1 atom stereocenters. The van der Waals surface area contributed by atoms with Crippen molar-refractivity contribution in [2.45, 2.75) is 57.9 Å². The van der Waals surface area contributed by atoms with Crippen LogP contribution >= 0.6 is 0 Å². The van der Waals surface area contributed by atoms with Gasteiger partial charge in [0.05, 0.1) is 0 Å². The van der Waals surface area contributed by atoms with Gasteiger partial charge in [-0.25, -0.2) is 0 Å². The molecule has 1 heterocycles. The lowest BCUT2D eigenvalue weighted by molar-refractivity contribution is -0.139. The third-order valence-corrected chi connectivity index (χ3v) is 7.37. The molecular formula is C23H34N2O. The number of hydrogen-bond donors (Lipinski definition) is 0. The minimum atomic E-state index is 0.380. The molecule has 4 fully saturated rings. The van der Waals surface area contributed by atoms with Crippen molar-refractivity contribution >= 4 is 5.91 Å². The molecule has 0 aromatic heterocycles. The highest BCUT2D eigenvalue weighted by Crippen LogP contribution is 2.56. The van der Waals surface area contributed by atoms with Gasteiger partial charge in [-0.15, -0.1) is 0 Å². The van der Waals surface area contributed by atoms with Crippen LogP contribution in [-0.2, 0) is 11.3 Å². The Morgan fingerprint density at radius 2 is 1.96 bits per heavy atom. The standard InChI is InChI=1S/C23H34N2O/c1-24(17-20-6-3-2-4-7-20)15-12-22(26)25-14-5-13-23(18-25)16-19-8-10-21(23)11-9-19/h2-4,6-7,19,21H,5,8-18H2,1H3. The summed E-state index contributed by atoms with van der Waals surface area (Å²) in [5.74, 6) is 2.22. The Morgan fingerprint density at radius 3 is 2.65 bits per heavy atom. The summed E-state index contributed by atoms with van der Waals surface area (Å²) in [6.45, 7) is 3.81. The Morgan fingerprint density at radius 1 is 1.19 bits per heavy atom. The van der Waals surface area contributed by atoms with E-state index in [0.717, 1.165) is 38.0 Å². The summed E-state index contributed by atoms with van der Waals surface area (Å²) in [7, 11) is 2.12. The lowest BCUT2D eigenvalue weighted by atomic mass is 9.53. The number of hydrogen-bond acceptors (Lipinski definition) is 2.